The molecule has 0 aliphatic heterocycles. The summed E-state index contributed by atoms with van der Waals surface area (Å²) in [4.78, 5) is 27.2. The minimum atomic E-state index is -0.654. The maximum atomic E-state index is 13.0. The Morgan fingerprint density at radius 2 is 1.79 bits per heavy atom. The number of ether oxygens (including phenoxy) is 1. The van der Waals surface area contributed by atoms with Gasteiger partial charge in [0, 0.05) is 17.1 Å². The second-order valence-electron chi connectivity index (χ2n) is 8.17. The van der Waals surface area contributed by atoms with Crippen LogP contribution in [0, 0.1) is 6.92 Å². The Balaban J connectivity index is 2.16. The number of aryl methyl sites for hydroxylation is 1. The molecule has 0 spiro atoms. The second kappa shape index (κ2) is 9.79. The number of carbonyl (C=O) groups is 2. The van der Waals surface area contributed by atoms with Gasteiger partial charge in [0.05, 0.1) is 0 Å². The SMILES string of the molecule is Cc1cccc(OCC(=O)N(Cc2ccc(Cl)cc2)[C@H](C)C(=O)NC(C)(C)C)c1. The normalized spacial score (nSPS) is 12.2. The van der Waals surface area contributed by atoms with E-state index in [4.69, 9.17) is 16.3 Å². The van der Waals surface area contributed by atoms with Gasteiger partial charge >= 0.3 is 0 Å². The maximum absolute atomic E-state index is 13.0. The number of benzene rings is 2. The molecule has 6 heteroatoms. The zero-order valence-electron chi connectivity index (χ0n) is 17.7. The summed E-state index contributed by atoms with van der Waals surface area (Å²) in [6, 6.07) is 14.1. The highest BCUT2D eigenvalue weighted by Crippen LogP contribution is 2.16. The van der Waals surface area contributed by atoms with E-state index in [0.29, 0.717) is 10.8 Å². The first-order chi connectivity index (χ1) is 13.5. The number of halogens is 1. The monoisotopic (exact) mass is 416 g/mol. The van der Waals surface area contributed by atoms with Crippen molar-refractivity contribution in [3.8, 4) is 5.75 Å². The van der Waals surface area contributed by atoms with Crippen molar-refractivity contribution in [3.63, 3.8) is 0 Å². The molecule has 2 aromatic carbocycles. The molecule has 0 saturated heterocycles. The van der Waals surface area contributed by atoms with Gasteiger partial charge in [-0.3, -0.25) is 9.59 Å². The van der Waals surface area contributed by atoms with Gasteiger partial charge in [-0.15, -0.1) is 0 Å². The van der Waals surface area contributed by atoms with E-state index in [1.165, 1.54) is 4.90 Å². The number of hydrogen-bond donors (Lipinski definition) is 1. The predicted octanol–water partition coefficient (Wildman–Crippen LogP) is 4.36. The van der Waals surface area contributed by atoms with E-state index in [2.05, 4.69) is 5.32 Å². The van der Waals surface area contributed by atoms with E-state index >= 15 is 0 Å². The molecule has 29 heavy (non-hydrogen) atoms. The third-order valence-corrected chi connectivity index (χ3v) is 4.54. The number of amides is 2. The van der Waals surface area contributed by atoms with Crippen LogP contribution in [0.2, 0.25) is 5.02 Å². The van der Waals surface area contributed by atoms with Gasteiger partial charge in [-0.25, -0.2) is 0 Å². The highest BCUT2D eigenvalue weighted by molar-refractivity contribution is 6.30. The Labute approximate surface area is 178 Å². The van der Waals surface area contributed by atoms with Crippen LogP contribution in [-0.4, -0.2) is 34.9 Å². The average molecular weight is 417 g/mol. The third-order valence-electron chi connectivity index (χ3n) is 4.28. The third kappa shape index (κ3) is 7.42. The lowest BCUT2D eigenvalue weighted by molar-refractivity contribution is -0.142. The molecule has 0 heterocycles. The second-order valence-corrected chi connectivity index (χ2v) is 8.60. The van der Waals surface area contributed by atoms with Crippen LogP contribution in [0.25, 0.3) is 0 Å². The average Bonchev–Trinajstić information content (AvgIpc) is 2.64. The first kappa shape index (κ1) is 22.8. The Bertz CT molecular complexity index is 844. The molecule has 1 atom stereocenters. The van der Waals surface area contributed by atoms with Crippen LogP contribution >= 0.6 is 11.6 Å². The van der Waals surface area contributed by atoms with Crippen molar-refractivity contribution in [2.45, 2.75) is 52.7 Å². The standard InChI is InChI=1S/C23H29ClN2O3/c1-16-7-6-8-20(13-16)29-15-21(27)26(14-18-9-11-19(24)12-10-18)17(2)22(28)25-23(3,4)5/h6-13,17H,14-15H2,1-5H3,(H,25,28)/t17-/m1/s1. The van der Waals surface area contributed by atoms with Crippen LogP contribution in [0.4, 0.5) is 0 Å². The lowest BCUT2D eigenvalue weighted by Crippen LogP contribution is -2.53. The molecule has 0 aliphatic rings. The topological polar surface area (TPSA) is 58.6 Å². The van der Waals surface area contributed by atoms with E-state index in [9.17, 15) is 9.59 Å². The van der Waals surface area contributed by atoms with Gasteiger partial charge in [-0.1, -0.05) is 35.9 Å². The molecule has 2 amide bonds. The van der Waals surface area contributed by atoms with Crippen molar-refractivity contribution >= 4 is 23.4 Å². The van der Waals surface area contributed by atoms with Crippen molar-refractivity contribution in [1.29, 1.82) is 0 Å². The van der Waals surface area contributed by atoms with Crippen molar-refractivity contribution in [2.75, 3.05) is 6.61 Å². The van der Waals surface area contributed by atoms with Gasteiger partial charge in [0.15, 0.2) is 6.61 Å². The van der Waals surface area contributed by atoms with E-state index in [1.807, 2.05) is 58.0 Å². The fourth-order valence-electron chi connectivity index (χ4n) is 2.78. The number of hydrogen-bond acceptors (Lipinski definition) is 3. The minimum Gasteiger partial charge on any atom is -0.484 e. The van der Waals surface area contributed by atoms with E-state index in [0.717, 1.165) is 11.1 Å². The molecule has 0 bridgehead atoms. The predicted molar refractivity (Wildman–Crippen MR) is 116 cm³/mol. The summed E-state index contributed by atoms with van der Waals surface area (Å²) in [6.45, 7) is 9.54. The van der Waals surface area contributed by atoms with Gasteiger partial charge in [0.25, 0.3) is 5.91 Å². The molecule has 0 aromatic heterocycles. The fourth-order valence-corrected chi connectivity index (χ4v) is 2.90. The van der Waals surface area contributed by atoms with Crippen molar-refractivity contribution in [3.05, 3.63) is 64.7 Å². The lowest BCUT2D eigenvalue weighted by Gasteiger charge is -2.31. The summed E-state index contributed by atoms with van der Waals surface area (Å²) in [5, 5.41) is 3.55. The first-order valence-electron chi connectivity index (χ1n) is 9.60. The number of nitrogens with zero attached hydrogens (tertiary/aromatic N) is 1. The van der Waals surface area contributed by atoms with Gasteiger partial charge in [-0.05, 0) is 70.0 Å². The molecule has 0 saturated carbocycles. The molecule has 0 fully saturated rings. The summed E-state index contributed by atoms with van der Waals surface area (Å²) < 4.78 is 5.67. The molecule has 1 N–H and O–H groups in total. The summed E-state index contributed by atoms with van der Waals surface area (Å²) in [7, 11) is 0. The van der Waals surface area contributed by atoms with E-state index < -0.39 is 11.6 Å². The Morgan fingerprint density at radius 1 is 1.14 bits per heavy atom. The number of nitrogens with one attached hydrogen (secondary N) is 1. The van der Waals surface area contributed by atoms with E-state index in [1.54, 1.807) is 25.1 Å². The highest BCUT2D eigenvalue weighted by Gasteiger charge is 2.28. The molecule has 0 aliphatic carbocycles. The zero-order valence-corrected chi connectivity index (χ0v) is 18.4. The number of rotatable bonds is 7. The van der Waals surface area contributed by atoms with Gasteiger partial charge < -0.3 is 15.0 Å². The summed E-state index contributed by atoms with van der Waals surface area (Å²) >= 11 is 5.96. The summed E-state index contributed by atoms with van der Waals surface area (Å²) in [6.07, 6.45) is 0. The van der Waals surface area contributed by atoms with Gasteiger partial charge in [0.2, 0.25) is 5.91 Å². The number of carbonyl (C=O) groups excluding carboxylic acids is 2. The molecule has 2 rings (SSSR count). The Hall–Kier alpha value is -2.53. The van der Waals surface area contributed by atoms with Crippen LogP contribution in [0.1, 0.15) is 38.8 Å². The molecular formula is C23H29ClN2O3. The van der Waals surface area contributed by atoms with Crippen LogP contribution in [-0.2, 0) is 16.1 Å². The van der Waals surface area contributed by atoms with Gasteiger partial charge in [0.1, 0.15) is 11.8 Å². The Morgan fingerprint density at radius 3 is 2.38 bits per heavy atom. The minimum absolute atomic E-state index is 0.149. The fraction of sp³-hybridized carbons (Fsp3) is 0.391. The quantitative estimate of drug-likeness (QED) is 0.729. The van der Waals surface area contributed by atoms with Crippen LogP contribution in [0.3, 0.4) is 0 Å². The van der Waals surface area contributed by atoms with Gasteiger partial charge in [-0.2, -0.15) is 0 Å². The van der Waals surface area contributed by atoms with Crippen molar-refractivity contribution in [1.82, 2.24) is 10.2 Å². The van der Waals surface area contributed by atoms with Crippen molar-refractivity contribution < 1.29 is 14.3 Å². The van der Waals surface area contributed by atoms with E-state index in [-0.39, 0.29) is 25.0 Å². The van der Waals surface area contributed by atoms with Crippen molar-refractivity contribution in [2.24, 2.45) is 0 Å². The smallest absolute Gasteiger partial charge is 0.261 e. The first-order valence-corrected chi connectivity index (χ1v) is 9.98. The Kier molecular flexibility index (Phi) is 7.68. The molecule has 2 aromatic rings. The molecular weight excluding hydrogens is 388 g/mol. The maximum Gasteiger partial charge on any atom is 0.261 e. The van der Waals surface area contributed by atoms with Crippen LogP contribution < -0.4 is 10.1 Å². The summed E-state index contributed by atoms with van der Waals surface area (Å²) in [5.74, 6) is 0.143. The molecule has 156 valence electrons. The van der Waals surface area contributed by atoms with Crippen LogP contribution in [0.15, 0.2) is 48.5 Å². The van der Waals surface area contributed by atoms with Crippen LogP contribution in [0.5, 0.6) is 5.75 Å². The molecule has 0 unspecified atom stereocenters. The summed E-state index contributed by atoms with van der Waals surface area (Å²) in [5.41, 5.74) is 1.54. The largest absolute Gasteiger partial charge is 0.484 e. The zero-order chi connectivity index (χ0) is 21.6. The lowest BCUT2D eigenvalue weighted by atomic mass is 10.1. The highest BCUT2D eigenvalue weighted by atomic mass is 35.5. The molecule has 0 radical (unpaired) electrons. The molecule has 5 nitrogen and oxygen atoms in total.